The highest BCUT2D eigenvalue weighted by atomic mass is 16.2. The quantitative estimate of drug-likeness (QED) is 0.597. The fourth-order valence-electron chi connectivity index (χ4n) is 1.65. The third kappa shape index (κ3) is 3.09. The van der Waals surface area contributed by atoms with Crippen molar-refractivity contribution in [2.45, 2.75) is 26.7 Å². The fourth-order valence-corrected chi connectivity index (χ4v) is 1.65. The maximum atomic E-state index is 11.9. The summed E-state index contributed by atoms with van der Waals surface area (Å²) in [5, 5.41) is 7.03. The summed E-state index contributed by atoms with van der Waals surface area (Å²) in [6, 6.07) is 0. The topological polar surface area (TPSA) is 72.9 Å². The summed E-state index contributed by atoms with van der Waals surface area (Å²) >= 11 is 0. The Balaban J connectivity index is 2.72. The Kier molecular flexibility index (Phi) is 4.75. The molecule has 1 aromatic rings. The number of amides is 1. The van der Waals surface area contributed by atoms with Crippen LogP contribution in [-0.2, 0) is 13.5 Å². The van der Waals surface area contributed by atoms with E-state index in [0.29, 0.717) is 17.9 Å². The number of aryl methyl sites for hydroxylation is 2. The van der Waals surface area contributed by atoms with Gasteiger partial charge >= 0.3 is 0 Å². The molecule has 0 radical (unpaired) electrons. The van der Waals surface area contributed by atoms with Crippen LogP contribution in [0.25, 0.3) is 0 Å². The molecule has 1 amide bonds. The molecule has 1 aromatic heterocycles. The predicted octanol–water partition coefficient (Wildman–Crippen LogP) is 1.26. The third-order valence-corrected chi connectivity index (χ3v) is 2.54. The maximum Gasteiger partial charge on any atom is 0.271 e. The van der Waals surface area contributed by atoms with Crippen LogP contribution in [0.15, 0.2) is 12.2 Å². The van der Waals surface area contributed by atoms with E-state index < -0.39 is 0 Å². The van der Waals surface area contributed by atoms with Gasteiger partial charge in [0, 0.05) is 13.6 Å². The summed E-state index contributed by atoms with van der Waals surface area (Å²) in [6.07, 6.45) is 5.51. The summed E-state index contributed by atoms with van der Waals surface area (Å²) in [6.45, 7) is 4.52. The molecule has 0 saturated heterocycles. The molecule has 0 aliphatic rings. The van der Waals surface area contributed by atoms with E-state index in [2.05, 4.69) is 10.4 Å². The molecule has 94 valence electrons. The highest BCUT2D eigenvalue weighted by Gasteiger charge is 2.18. The number of aromatic nitrogens is 2. The van der Waals surface area contributed by atoms with Crippen molar-refractivity contribution >= 4 is 11.6 Å². The van der Waals surface area contributed by atoms with E-state index >= 15 is 0 Å². The summed E-state index contributed by atoms with van der Waals surface area (Å²) < 4.78 is 1.54. The zero-order chi connectivity index (χ0) is 12.8. The number of nitrogens with two attached hydrogens (primary N) is 1. The van der Waals surface area contributed by atoms with Crippen molar-refractivity contribution in [3.05, 3.63) is 23.5 Å². The zero-order valence-electron chi connectivity index (χ0n) is 10.7. The van der Waals surface area contributed by atoms with Gasteiger partial charge in [-0.2, -0.15) is 5.10 Å². The van der Waals surface area contributed by atoms with Crippen molar-refractivity contribution in [2.75, 3.05) is 12.3 Å². The van der Waals surface area contributed by atoms with Gasteiger partial charge in [0.15, 0.2) is 0 Å². The number of nitrogens with one attached hydrogen (secondary N) is 1. The van der Waals surface area contributed by atoms with Crippen LogP contribution < -0.4 is 11.1 Å². The highest BCUT2D eigenvalue weighted by molar-refractivity contribution is 5.97. The Bertz CT molecular complexity index is 420. The minimum Gasteiger partial charge on any atom is -0.395 e. The second-order valence-electron chi connectivity index (χ2n) is 3.80. The number of anilines is 1. The van der Waals surface area contributed by atoms with Crippen molar-refractivity contribution < 1.29 is 4.79 Å². The molecular formula is C12H20N4O. The average Bonchev–Trinajstić information content (AvgIpc) is 2.59. The number of nitrogen functional groups attached to an aromatic ring is 1. The first-order valence-corrected chi connectivity index (χ1v) is 5.82. The largest absolute Gasteiger partial charge is 0.395 e. The number of carbonyl (C=O) groups excluding carboxylic acids is 1. The second-order valence-corrected chi connectivity index (χ2v) is 3.80. The molecule has 3 N–H and O–H groups in total. The lowest BCUT2D eigenvalue weighted by Gasteiger charge is -2.04. The standard InChI is InChI=1S/C12H20N4O/c1-4-6-7-8-14-12(17)11-10(13)9(5-2)15-16(11)3/h4,6H,5,7-8,13H2,1-3H3,(H,14,17)/b6-4+. The van der Waals surface area contributed by atoms with Crippen molar-refractivity contribution in [3.63, 3.8) is 0 Å². The second kappa shape index (κ2) is 6.08. The van der Waals surface area contributed by atoms with E-state index in [-0.39, 0.29) is 5.91 Å². The van der Waals surface area contributed by atoms with Crippen LogP contribution in [0.5, 0.6) is 0 Å². The van der Waals surface area contributed by atoms with Gasteiger partial charge in [-0.25, -0.2) is 0 Å². The molecule has 0 bridgehead atoms. The molecule has 1 heterocycles. The molecule has 5 nitrogen and oxygen atoms in total. The lowest BCUT2D eigenvalue weighted by atomic mass is 10.2. The van der Waals surface area contributed by atoms with Crippen LogP contribution in [0.4, 0.5) is 5.69 Å². The molecule has 0 saturated carbocycles. The number of hydrogen-bond donors (Lipinski definition) is 2. The van der Waals surface area contributed by atoms with Crippen LogP contribution >= 0.6 is 0 Å². The molecule has 0 aromatic carbocycles. The Morgan fingerprint density at radius 2 is 2.29 bits per heavy atom. The van der Waals surface area contributed by atoms with E-state index in [0.717, 1.165) is 18.5 Å². The maximum absolute atomic E-state index is 11.9. The van der Waals surface area contributed by atoms with E-state index in [4.69, 9.17) is 5.73 Å². The molecule has 0 spiro atoms. The first-order valence-electron chi connectivity index (χ1n) is 5.82. The highest BCUT2D eigenvalue weighted by Crippen LogP contribution is 2.16. The molecule has 0 unspecified atom stereocenters. The molecule has 17 heavy (non-hydrogen) atoms. The molecular weight excluding hydrogens is 216 g/mol. The van der Waals surface area contributed by atoms with Crippen LogP contribution in [0.3, 0.4) is 0 Å². The van der Waals surface area contributed by atoms with E-state index in [9.17, 15) is 4.79 Å². The van der Waals surface area contributed by atoms with Crippen molar-refractivity contribution in [3.8, 4) is 0 Å². The van der Waals surface area contributed by atoms with Gasteiger partial charge in [-0.05, 0) is 19.8 Å². The van der Waals surface area contributed by atoms with Gasteiger partial charge in [0.2, 0.25) is 0 Å². The molecule has 0 fully saturated rings. The first kappa shape index (κ1) is 13.3. The summed E-state index contributed by atoms with van der Waals surface area (Å²) in [7, 11) is 1.73. The zero-order valence-corrected chi connectivity index (χ0v) is 10.7. The number of rotatable bonds is 5. The minimum absolute atomic E-state index is 0.165. The number of hydrogen-bond acceptors (Lipinski definition) is 3. The van der Waals surface area contributed by atoms with Crippen molar-refractivity contribution in [1.82, 2.24) is 15.1 Å². The van der Waals surface area contributed by atoms with Crippen LogP contribution in [0, 0.1) is 0 Å². The van der Waals surface area contributed by atoms with Gasteiger partial charge in [0.1, 0.15) is 5.69 Å². The number of allylic oxidation sites excluding steroid dienone is 1. The van der Waals surface area contributed by atoms with Gasteiger partial charge < -0.3 is 11.1 Å². The van der Waals surface area contributed by atoms with Gasteiger partial charge in [0.25, 0.3) is 5.91 Å². The van der Waals surface area contributed by atoms with Crippen LogP contribution in [-0.4, -0.2) is 22.2 Å². The molecule has 5 heteroatoms. The van der Waals surface area contributed by atoms with Gasteiger partial charge in [-0.3, -0.25) is 9.48 Å². The summed E-state index contributed by atoms with van der Waals surface area (Å²) in [4.78, 5) is 11.9. The van der Waals surface area contributed by atoms with Crippen LogP contribution in [0.2, 0.25) is 0 Å². The van der Waals surface area contributed by atoms with E-state index in [1.165, 1.54) is 0 Å². The van der Waals surface area contributed by atoms with E-state index in [1.807, 2.05) is 26.0 Å². The SMILES string of the molecule is C/C=C/CCNC(=O)c1c(N)c(CC)nn1C. The Labute approximate surface area is 102 Å². The summed E-state index contributed by atoms with van der Waals surface area (Å²) in [5.41, 5.74) is 7.59. The molecule has 0 atom stereocenters. The van der Waals surface area contributed by atoms with Crippen molar-refractivity contribution in [1.29, 1.82) is 0 Å². The first-order chi connectivity index (χ1) is 8.11. The normalized spacial score (nSPS) is 11.0. The monoisotopic (exact) mass is 236 g/mol. The lowest BCUT2D eigenvalue weighted by Crippen LogP contribution is -2.27. The van der Waals surface area contributed by atoms with E-state index in [1.54, 1.807) is 11.7 Å². The Hall–Kier alpha value is -1.78. The Morgan fingerprint density at radius 3 is 2.82 bits per heavy atom. The minimum atomic E-state index is -0.165. The molecule has 1 rings (SSSR count). The third-order valence-electron chi connectivity index (χ3n) is 2.54. The molecule has 0 aliphatic heterocycles. The number of carbonyl (C=O) groups is 1. The predicted molar refractivity (Wildman–Crippen MR) is 68.8 cm³/mol. The smallest absolute Gasteiger partial charge is 0.271 e. The van der Waals surface area contributed by atoms with Gasteiger partial charge in [-0.1, -0.05) is 19.1 Å². The summed E-state index contributed by atoms with van der Waals surface area (Å²) in [5.74, 6) is -0.165. The average molecular weight is 236 g/mol. The number of nitrogens with zero attached hydrogens (tertiary/aromatic N) is 2. The van der Waals surface area contributed by atoms with Crippen LogP contribution in [0.1, 0.15) is 36.5 Å². The van der Waals surface area contributed by atoms with Gasteiger partial charge in [-0.15, -0.1) is 0 Å². The van der Waals surface area contributed by atoms with Crippen molar-refractivity contribution in [2.24, 2.45) is 7.05 Å². The lowest BCUT2D eigenvalue weighted by molar-refractivity contribution is 0.0946. The van der Waals surface area contributed by atoms with Gasteiger partial charge in [0.05, 0.1) is 11.4 Å². The Morgan fingerprint density at radius 1 is 1.59 bits per heavy atom. The fraction of sp³-hybridized carbons (Fsp3) is 0.500. The molecule has 0 aliphatic carbocycles.